The fraction of sp³-hybridized carbons (Fsp3) is 0.444. The average molecular weight is 211 g/mol. The van der Waals surface area contributed by atoms with Crippen LogP contribution in [0.5, 0.6) is 0 Å². The van der Waals surface area contributed by atoms with Crippen molar-refractivity contribution in [3.63, 3.8) is 0 Å². The van der Waals surface area contributed by atoms with E-state index in [0.717, 1.165) is 17.5 Å². The number of hydrogen-bond donors (Lipinski definition) is 1. The van der Waals surface area contributed by atoms with Crippen LogP contribution >= 0.6 is 0 Å². The van der Waals surface area contributed by atoms with Gasteiger partial charge in [-0.25, -0.2) is 24.7 Å². The van der Waals surface area contributed by atoms with Crippen LogP contribution in [0.1, 0.15) is 19.8 Å². The van der Waals surface area contributed by atoms with E-state index in [2.05, 4.69) is 10.4 Å². The van der Waals surface area contributed by atoms with Gasteiger partial charge in [0.1, 0.15) is 0 Å². The molecule has 1 N–H and O–H groups in total. The molecule has 0 spiro atoms. The molecular weight excluding hydrogens is 198 g/mol. The number of nitrogens with one attached hydrogen (secondary N) is 1. The summed E-state index contributed by atoms with van der Waals surface area (Å²) in [6.07, 6.45) is 3.84. The molecule has 1 amide bonds. The zero-order chi connectivity index (χ0) is 11.1. The van der Waals surface area contributed by atoms with Crippen molar-refractivity contribution in [2.24, 2.45) is 0 Å². The minimum atomic E-state index is -0.654. The number of nitrogens with zero attached hydrogens (tertiary/aromatic N) is 2. The van der Waals surface area contributed by atoms with Gasteiger partial charge >= 0.3 is 11.8 Å². The van der Waals surface area contributed by atoms with Crippen molar-refractivity contribution < 1.29 is 9.53 Å². The van der Waals surface area contributed by atoms with Crippen LogP contribution in [0.2, 0.25) is 0 Å². The molecule has 0 saturated heterocycles. The van der Waals surface area contributed by atoms with Gasteiger partial charge in [-0.05, 0) is 12.5 Å². The molecule has 6 heteroatoms. The van der Waals surface area contributed by atoms with E-state index in [1.54, 1.807) is 0 Å². The molecule has 0 bridgehead atoms. The summed E-state index contributed by atoms with van der Waals surface area (Å²) in [5, 5.41) is 0. The number of ether oxygens (including phenoxy) is 1. The number of rotatable bonds is 4. The highest BCUT2D eigenvalue weighted by Crippen LogP contribution is 1.88. The van der Waals surface area contributed by atoms with Gasteiger partial charge in [0, 0.05) is 12.4 Å². The van der Waals surface area contributed by atoms with E-state index in [9.17, 15) is 9.59 Å². The molecule has 0 aliphatic carbocycles. The first-order valence-electron chi connectivity index (χ1n) is 4.71. The molecule has 6 nitrogen and oxygen atoms in total. The number of carbonyl (C=O) groups excluding carboxylic acids is 1. The van der Waals surface area contributed by atoms with Crippen molar-refractivity contribution in [1.82, 2.24) is 9.66 Å². The summed E-state index contributed by atoms with van der Waals surface area (Å²) in [4.78, 5) is 25.7. The van der Waals surface area contributed by atoms with Gasteiger partial charge in [-0.1, -0.05) is 13.3 Å². The second-order valence-electron chi connectivity index (χ2n) is 2.87. The molecule has 0 aliphatic rings. The first kappa shape index (κ1) is 11.2. The van der Waals surface area contributed by atoms with Crippen LogP contribution in [0.15, 0.2) is 23.3 Å². The molecule has 1 aromatic rings. The third-order valence-corrected chi connectivity index (χ3v) is 1.66. The molecule has 15 heavy (non-hydrogen) atoms. The summed E-state index contributed by atoms with van der Waals surface area (Å²) in [6, 6.07) is 1.54. The molecule has 0 saturated carbocycles. The third-order valence-electron chi connectivity index (χ3n) is 1.66. The lowest BCUT2D eigenvalue weighted by Gasteiger charge is -2.07. The van der Waals surface area contributed by atoms with E-state index < -0.39 is 11.8 Å². The van der Waals surface area contributed by atoms with E-state index in [1.807, 2.05) is 6.92 Å². The number of aromatic nitrogens is 2. The van der Waals surface area contributed by atoms with Gasteiger partial charge in [-0.2, -0.15) is 0 Å². The van der Waals surface area contributed by atoms with Crippen molar-refractivity contribution in [2.75, 3.05) is 12.0 Å². The normalized spacial score (nSPS) is 9.67. The van der Waals surface area contributed by atoms with Crippen LogP contribution in [0, 0.1) is 0 Å². The Morgan fingerprint density at radius 1 is 1.67 bits per heavy atom. The monoisotopic (exact) mass is 211 g/mol. The lowest BCUT2D eigenvalue weighted by molar-refractivity contribution is 0.156. The molecule has 1 heterocycles. The molecule has 0 radical (unpaired) electrons. The smallest absolute Gasteiger partial charge is 0.426 e. The Bertz CT molecular complexity index is 375. The van der Waals surface area contributed by atoms with Gasteiger partial charge < -0.3 is 4.74 Å². The predicted octanol–water partition coefficient (Wildman–Crippen LogP) is 0.723. The Labute approximate surface area is 86.9 Å². The molecule has 0 atom stereocenters. The Morgan fingerprint density at radius 2 is 2.47 bits per heavy atom. The summed E-state index contributed by atoms with van der Waals surface area (Å²) < 4.78 is 5.77. The minimum absolute atomic E-state index is 0.345. The standard InChI is InChI=1S/C9H13N3O3/c1-2-3-7-15-9(14)11-12-6-4-5-10-8(12)13/h4-6H,2-3,7H2,1H3,(H,11,14). The maximum atomic E-state index is 11.1. The van der Waals surface area contributed by atoms with Crippen molar-refractivity contribution in [2.45, 2.75) is 19.8 Å². The van der Waals surface area contributed by atoms with Crippen molar-refractivity contribution >= 4 is 6.09 Å². The number of unbranched alkanes of at least 4 members (excludes halogenated alkanes) is 1. The highest BCUT2D eigenvalue weighted by Gasteiger charge is 2.02. The molecule has 0 fully saturated rings. The van der Waals surface area contributed by atoms with Gasteiger partial charge in [0.2, 0.25) is 0 Å². The van der Waals surface area contributed by atoms with Gasteiger partial charge in [0.05, 0.1) is 6.61 Å². The topological polar surface area (TPSA) is 73.2 Å². The maximum absolute atomic E-state index is 11.1. The van der Waals surface area contributed by atoms with Crippen molar-refractivity contribution in [1.29, 1.82) is 0 Å². The largest absolute Gasteiger partial charge is 0.448 e. The summed E-state index contributed by atoms with van der Waals surface area (Å²) >= 11 is 0. The Balaban J connectivity index is 2.45. The third kappa shape index (κ3) is 3.80. The summed E-state index contributed by atoms with van der Waals surface area (Å²) in [6.45, 7) is 2.34. The summed E-state index contributed by atoms with van der Waals surface area (Å²) in [5.41, 5.74) is 1.70. The first-order valence-corrected chi connectivity index (χ1v) is 4.71. The zero-order valence-electron chi connectivity index (χ0n) is 8.47. The number of carbonyl (C=O) groups is 1. The maximum Gasteiger partial charge on any atom is 0.426 e. The SMILES string of the molecule is CCCCOC(=O)Nn1cccnc1=O. The average Bonchev–Trinajstić information content (AvgIpc) is 2.22. The highest BCUT2D eigenvalue weighted by atomic mass is 16.6. The predicted molar refractivity (Wildman–Crippen MR) is 54.1 cm³/mol. The van der Waals surface area contributed by atoms with Crippen LogP contribution in [0.3, 0.4) is 0 Å². The highest BCUT2D eigenvalue weighted by molar-refractivity contribution is 5.75. The Kier molecular flexibility index (Phi) is 4.33. The van der Waals surface area contributed by atoms with E-state index in [4.69, 9.17) is 4.74 Å². The summed E-state index contributed by atoms with van der Waals surface area (Å²) in [5.74, 6) is 0. The van der Waals surface area contributed by atoms with Crippen LogP contribution < -0.4 is 11.1 Å². The van der Waals surface area contributed by atoms with E-state index in [-0.39, 0.29) is 0 Å². The van der Waals surface area contributed by atoms with Crippen LogP contribution in [-0.2, 0) is 4.74 Å². The lowest BCUT2D eigenvalue weighted by atomic mass is 10.4. The number of hydrogen-bond acceptors (Lipinski definition) is 4. The van der Waals surface area contributed by atoms with Crippen LogP contribution in [-0.4, -0.2) is 22.4 Å². The second kappa shape index (κ2) is 5.79. The molecule has 0 aromatic carbocycles. The van der Waals surface area contributed by atoms with E-state index in [1.165, 1.54) is 18.5 Å². The fourth-order valence-electron chi connectivity index (χ4n) is 0.882. The Morgan fingerprint density at radius 3 is 3.13 bits per heavy atom. The second-order valence-corrected chi connectivity index (χ2v) is 2.87. The molecule has 82 valence electrons. The van der Waals surface area contributed by atoms with Crippen LogP contribution in [0.25, 0.3) is 0 Å². The Hall–Kier alpha value is -1.85. The molecule has 1 rings (SSSR count). The molecule has 0 aliphatic heterocycles. The fourth-order valence-corrected chi connectivity index (χ4v) is 0.882. The molecule has 1 aromatic heterocycles. The van der Waals surface area contributed by atoms with Gasteiger partial charge in [-0.15, -0.1) is 0 Å². The quantitative estimate of drug-likeness (QED) is 0.745. The van der Waals surface area contributed by atoms with Crippen molar-refractivity contribution in [3.05, 3.63) is 28.9 Å². The molecule has 0 unspecified atom stereocenters. The van der Waals surface area contributed by atoms with E-state index in [0.29, 0.717) is 6.61 Å². The zero-order valence-corrected chi connectivity index (χ0v) is 8.47. The molecular formula is C9H13N3O3. The van der Waals surface area contributed by atoms with Gasteiger partial charge in [0.15, 0.2) is 0 Å². The first-order chi connectivity index (χ1) is 7.24. The number of amides is 1. The van der Waals surface area contributed by atoms with Gasteiger partial charge in [-0.3, -0.25) is 0 Å². The van der Waals surface area contributed by atoms with Crippen molar-refractivity contribution in [3.8, 4) is 0 Å². The lowest BCUT2D eigenvalue weighted by Crippen LogP contribution is -2.34. The summed E-state index contributed by atoms with van der Waals surface area (Å²) in [7, 11) is 0. The van der Waals surface area contributed by atoms with Gasteiger partial charge in [0.25, 0.3) is 0 Å². The minimum Gasteiger partial charge on any atom is -0.448 e. The van der Waals surface area contributed by atoms with Crippen LogP contribution in [0.4, 0.5) is 4.79 Å². The van der Waals surface area contributed by atoms with E-state index >= 15 is 0 Å².